The molecule has 3 rings (SSSR count). The molecule has 5 nitrogen and oxygen atoms in total. The van der Waals surface area contributed by atoms with Crippen LogP contribution in [0.1, 0.15) is 40.2 Å². The summed E-state index contributed by atoms with van der Waals surface area (Å²) in [6.07, 6.45) is 1.68. The lowest BCUT2D eigenvalue weighted by atomic mass is 9.96. The molecule has 2 amide bonds. The third kappa shape index (κ3) is 4.10. The quantitative estimate of drug-likeness (QED) is 0.899. The molecule has 0 unspecified atom stereocenters. The standard InChI is InChI=1S/C20H25N3O2/c1-14-11-15(2)22-18(14)20(25)23-10-6-9-17(13-23)19(24)21-12-16-7-4-3-5-8-16/h3-5,7-8,11,17,22H,6,9-10,12-13H2,1-2H3,(H,21,24)/t17-/m0/s1. The average molecular weight is 339 g/mol. The van der Waals surface area contributed by atoms with Crippen molar-refractivity contribution in [1.29, 1.82) is 0 Å². The second kappa shape index (κ2) is 7.55. The van der Waals surface area contributed by atoms with E-state index in [-0.39, 0.29) is 17.7 Å². The van der Waals surface area contributed by atoms with E-state index < -0.39 is 0 Å². The fraction of sp³-hybridized carbons (Fsp3) is 0.400. The third-order valence-electron chi connectivity index (χ3n) is 4.75. The highest BCUT2D eigenvalue weighted by Crippen LogP contribution is 2.20. The van der Waals surface area contributed by atoms with E-state index in [0.29, 0.717) is 25.3 Å². The fourth-order valence-corrected chi connectivity index (χ4v) is 3.41. The van der Waals surface area contributed by atoms with Gasteiger partial charge < -0.3 is 15.2 Å². The van der Waals surface area contributed by atoms with Crippen molar-refractivity contribution < 1.29 is 9.59 Å². The molecule has 0 bridgehead atoms. The van der Waals surface area contributed by atoms with E-state index in [0.717, 1.165) is 29.7 Å². The summed E-state index contributed by atoms with van der Waals surface area (Å²) in [5.41, 5.74) is 3.66. The first kappa shape index (κ1) is 17.3. The second-order valence-corrected chi connectivity index (χ2v) is 6.80. The van der Waals surface area contributed by atoms with Crippen LogP contribution in [0.3, 0.4) is 0 Å². The van der Waals surface area contributed by atoms with E-state index in [1.54, 1.807) is 4.90 Å². The number of aryl methyl sites for hydroxylation is 2. The first-order chi connectivity index (χ1) is 12.0. The summed E-state index contributed by atoms with van der Waals surface area (Å²) in [5, 5.41) is 3.00. The van der Waals surface area contributed by atoms with Crippen LogP contribution in [-0.4, -0.2) is 34.8 Å². The van der Waals surface area contributed by atoms with Crippen LogP contribution >= 0.6 is 0 Å². The average Bonchev–Trinajstić information content (AvgIpc) is 2.98. The fourth-order valence-electron chi connectivity index (χ4n) is 3.41. The van der Waals surface area contributed by atoms with Gasteiger partial charge in [0.05, 0.1) is 5.92 Å². The maximum atomic E-state index is 12.7. The minimum atomic E-state index is -0.141. The lowest BCUT2D eigenvalue weighted by Crippen LogP contribution is -2.45. The topological polar surface area (TPSA) is 65.2 Å². The van der Waals surface area contributed by atoms with Crippen molar-refractivity contribution in [3.05, 3.63) is 58.9 Å². The zero-order chi connectivity index (χ0) is 17.8. The third-order valence-corrected chi connectivity index (χ3v) is 4.75. The minimum absolute atomic E-state index is 0.00819. The number of amides is 2. The van der Waals surface area contributed by atoms with Crippen molar-refractivity contribution in [1.82, 2.24) is 15.2 Å². The summed E-state index contributed by atoms with van der Waals surface area (Å²) in [6, 6.07) is 11.8. The lowest BCUT2D eigenvalue weighted by molar-refractivity contribution is -0.126. The molecule has 1 fully saturated rings. The van der Waals surface area contributed by atoms with Gasteiger partial charge in [0.15, 0.2) is 0 Å². The number of carbonyl (C=O) groups excluding carboxylic acids is 2. The van der Waals surface area contributed by atoms with E-state index in [4.69, 9.17) is 0 Å². The van der Waals surface area contributed by atoms with Crippen LogP contribution in [0.15, 0.2) is 36.4 Å². The van der Waals surface area contributed by atoms with Gasteiger partial charge in [0, 0.05) is 25.3 Å². The number of rotatable bonds is 4. The van der Waals surface area contributed by atoms with Crippen LogP contribution in [0.2, 0.25) is 0 Å². The van der Waals surface area contributed by atoms with Crippen LogP contribution < -0.4 is 5.32 Å². The SMILES string of the molecule is Cc1cc(C)c(C(=O)N2CCC[C@H](C(=O)NCc3ccccc3)C2)[nH]1. The number of benzene rings is 1. The molecule has 0 radical (unpaired) electrons. The number of aromatic nitrogens is 1. The highest BCUT2D eigenvalue weighted by Gasteiger charge is 2.29. The molecule has 2 N–H and O–H groups in total. The van der Waals surface area contributed by atoms with Gasteiger partial charge in [-0.1, -0.05) is 30.3 Å². The number of carbonyl (C=O) groups is 2. The predicted octanol–water partition coefficient (Wildman–Crippen LogP) is 2.80. The molecule has 0 aliphatic carbocycles. The zero-order valence-electron chi connectivity index (χ0n) is 14.8. The molecule has 0 saturated carbocycles. The van der Waals surface area contributed by atoms with Crippen LogP contribution in [0.4, 0.5) is 0 Å². The van der Waals surface area contributed by atoms with E-state index >= 15 is 0 Å². The Bertz CT molecular complexity index is 752. The number of piperidine rings is 1. The van der Waals surface area contributed by atoms with E-state index in [1.165, 1.54) is 0 Å². The van der Waals surface area contributed by atoms with Gasteiger partial charge in [0.2, 0.25) is 5.91 Å². The summed E-state index contributed by atoms with van der Waals surface area (Å²) in [6.45, 7) is 5.60. The Morgan fingerprint density at radius 1 is 1.24 bits per heavy atom. The number of aromatic amines is 1. The van der Waals surface area contributed by atoms with Crippen LogP contribution in [0, 0.1) is 19.8 Å². The minimum Gasteiger partial charge on any atom is -0.354 e. The largest absolute Gasteiger partial charge is 0.354 e. The number of nitrogens with one attached hydrogen (secondary N) is 2. The van der Waals surface area contributed by atoms with E-state index in [2.05, 4.69) is 10.3 Å². The van der Waals surface area contributed by atoms with E-state index in [9.17, 15) is 9.59 Å². The summed E-state index contributed by atoms with van der Waals surface area (Å²) < 4.78 is 0. The number of hydrogen-bond donors (Lipinski definition) is 2. The number of nitrogens with zero attached hydrogens (tertiary/aromatic N) is 1. The molecule has 1 aromatic carbocycles. The molecule has 2 aromatic rings. The van der Waals surface area contributed by atoms with Gasteiger partial charge in [-0.2, -0.15) is 0 Å². The highest BCUT2D eigenvalue weighted by molar-refractivity contribution is 5.94. The first-order valence-corrected chi connectivity index (χ1v) is 8.81. The van der Waals surface area contributed by atoms with Crippen molar-refractivity contribution in [2.75, 3.05) is 13.1 Å². The Morgan fingerprint density at radius 2 is 2.00 bits per heavy atom. The van der Waals surface area contributed by atoms with Gasteiger partial charge in [0.25, 0.3) is 5.91 Å². The molecule has 25 heavy (non-hydrogen) atoms. The van der Waals surface area contributed by atoms with Crippen molar-refractivity contribution in [2.45, 2.75) is 33.2 Å². The maximum Gasteiger partial charge on any atom is 0.270 e. The lowest BCUT2D eigenvalue weighted by Gasteiger charge is -2.32. The smallest absolute Gasteiger partial charge is 0.270 e. The van der Waals surface area contributed by atoms with Gasteiger partial charge in [-0.05, 0) is 43.9 Å². The molecule has 5 heteroatoms. The number of hydrogen-bond acceptors (Lipinski definition) is 2. The molecule has 1 saturated heterocycles. The van der Waals surface area contributed by atoms with Crippen molar-refractivity contribution in [3.8, 4) is 0 Å². The van der Waals surface area contributed by atoms with Gasteiger partial charge in [-0.15, -0.1) is 0 Å². The summed E-state index contributed by atoms with van der Waals surface area (Å²) in [4.78, 5) is 30.2. The van der Waals surface area contributed by atoms with Gasteiger partial charge in [0.1, 0.15) is 5.69 Å². The molecule has 1 aliphatic heterocycles. The summed E-state index contributed by atoms with van der Waals surface area (Å²) >= 11 is 0. The van der Waals surface area contributed by atoms with Crippen molar-refractivity contribution >= 4 is 11.8 Å². The molecule has 1 aromatic heterocycles. The van der Waals surface area contributed by atoms with Crippen molar-refractivity contribution in [2.24, 2.45) is 5.92 Å². The summed E-state index contributed by atoms with van der Waals surface area (Å²) in [7, 11) is 0. The Balaban J connectivity index is 1.59. The Labute approximate surface area is 148 Å². The monoisotopic (exact) mass is 339 g/mol. The first-order valence-electron chi connectivity index (χ1n) is 8.81. The second-order valence-electron chi connectivity index (χ2n) is 6.80. The molecule has 0 spiro atoms. The predicted molar refractivity (Wildman–Crippen MR) is 97.2 cm³/mol. The molecule has 1 atom stereocenters. The number of likely N-dealkylation sites (tertiary alicyclic amines) is 1. The molecule has 1 aliphatic rings. The highest BCUT2D eigenvalue weighted by atomic mass is 16.2. The van der Waals surface area contributed by atoms with Gasteiger partial charge >= 0.3 is 0 Å². The Kier molecular flexibility index (Phi) is 5.22. The van der Waals surface area contributed by atoms with E-state index in [1.807, 2.05) is 50.2 Å². The van der Waals surface area contributed by atoms with Gasteiger partial charge in [-0.3, -0.25) is 9.59 Å². The maximum absolute atomic E-state index is 12.7. The Hall–Kier alpha value is -2.56. The molecule has 2 heterocycles. The van der Waals surface area contributed by atoms with Crippen molar-refractivity contribution in [3.63, 3.8) is 0 Å². The molecular weight excluding hydrogens is 314 g/mol. The van der Waals surface area contributed by atoms with Crippen LogP contribution in [0.5, 0.6) is 0 Å². The number of H-pyrrole nitrogens is 1. The van der Waals surface area contributed by atoms with Crippen LogP contribution in [0.25, 0.3) is 0 Å². The summed E-state index contributed by atoms with van der Waals surface area (Å²) in [5.74, 6) is -0.121. The Morgan fingerprint density at radius 3 is 2.68 bits per heavy atom. The van der Waals surface area contributed by atoms with Gasteiger partial charge in [-0.25, -0.2) is 0 Å². The van der Waals surface area contributed by atoms with Crippen LogP contribution in [-0.2, 0) is 11.3 Å². The molecular formula is C20H25N3O2. The normalized spacial score (nSPS) is 17.4. The zero-order valence-corrected chi connectivity index (χ0v) is 14.8. The molecule has 132 valence electrons.